The van der Waals surface area contributed by atoms with E-state index in [1.165, 1.54) is 12.8 Å². The molecule has 1 aliphatic rings. The van der Waals surface area contributed by atoms with Crippen molar-refractivity contribution in [3.05, 3.63) is 0 Å². The number of rotatable bonds is 3. The van der Waals surface area contributed by atoms with Gasteiger partial charge in [-0.15, -0.1) is 0 Å². The molecule has 0 aromatic carbocycles. The maximum Gasteiger partial charge on any atom is 0.364 e. The first-order valence-corrected chi connectivity index (χ1v) is 4.84. The van der Waals surface area contributed by atoms with Gasteiger partial charge in [-0.3, -0.25) is 0 Å². The van der Waals surface area contributed by atoms with Crippen molar-refractivity contribution in [1.82, 2.24) is 0 Å². The van der Waals surface area contributed by atoms with Gasteiger partial charge in [0.05, 0.1) is 13.2 Å². The lowest BCUT2D eigenvalue weighted by Gasteiger charge is -2.18. The first kappa shape index (κ1) is 9.52. The van der Waals surface area contributed by atoms with Gasteiger partial charge in [0, 0.05) is 6.42 Å². The number of hydrogen-bond donors (Lipinski definition) is 1. The lowest BCUT2D eigenvalue weighted by atomic mass is 10.1. The van der Waals surface area contributed by atoms with Gasteiger partial charge < -0.3 is 10.1 Å². The van der Waals surface area contributed by atoms with Gasteiger partial charge in [-0.1, -0.05) is 6.92 Å². The summed E-state index contributed by atoms with van der Waals surface area (Å²) in [6.07, 6.45) is 4.31. The van der Waals surface area contributed by atoms with Crippen LogP contribution in [0.15, 0.2) is 0 Å². The van der Waals surface area contributed by atoms with E-state index in [1.807, 2.05) is 6.92 Å². The lowest BCUT2D eigenvalue weighted by Crippen LogP contribution is -2.93. The largest absolute Gasteiger partial charge is 0.461 e. The van der Waals surface area contributed by atoms with Gasteiger partial charge in [0.1, 0.15) is 0 Å². The highest BCUT2D eigenvalue weighted by Crippen LogP contribution is 2.02. The molecule has 0 unspecified atom stereocenters. The van der Waals surface area contributed by atoms with Crippen LogP contribution in [0.2, 0.25) is 0 Å². The number of quaternary nitrogens is 1. The molecule has 2 N–H and O–H groups in total. The molecule has 3 nitrogen and oxygen atoms in total. The van der Waals surface area contributed by atoms with Crippen molar-refractivity contribution in [2.45, 2.75) is 38.6 Å². The highest BCUT2D eigenvalue weighted by Gasteiger charge is 2.25. The highest BCUT2D eigenvalue weighted by molar-refractivity contribution is 5.74. The van der Waals surface area contributed by atoms with Crippen LogP contribution in [0.1, 0.15) is 32.6 Å². The maximum absolute atomic E-state index is 11.3. The molecule has 3 heteroatoms. The third-order valence-corrected chi connectivity index (χ3v) is 2.17. The van der Waals surface area contributed by atoms with E-state index in [9.17, 15) is 4.79 Å². The van der Waals surface area contributed by atoms with Crippen molar-refractivity contribution >= 4 is 5.97 Å². The number of carbonyl (C=O) groups is 1. The standard InChI is InChI=1S/C9H17NO2/c1-2-7-12-9(11)8-5-3-4-6-10-8/h8,10H,2-7H2,1H3/p+1/t8-/m0/s1. The lowest BCUT2D eigenvalue weighted by molar-refractivity contribution is -0.686. The van der Waals surface area contributed by atoms with Crippen molar-refractivity contribution in [3.63, 3.8) is 0 Å². The Balaban J connectivity index is 2.20. The second-order valence-electron chi connectivity index (χ2n) is 3.29. The van der Waals surface area contributed by atoms with Crippen LogP contribution < -0.4 is 5.32 Å². The van der Waals surface area contributed by atoms with Gasteiger partial charge in [-0.25, -0.2) is 4.79 Å². The molecule has 0 radical (unpaired) electrons. The van der Waals surface area contributed by atoms with Crippen LogP contribution in [0.25, 0.3) is 0 Å². The molecule has 1 rings (SSSR count). The molecule has 0 saturated carbocycles. The van der Waals surface area contributed by atoms with E-state index in [2.05, 4.69) is 5.32 Å². The first-order valence-electron chi connectivity index (χ1n) is 4.84. The van der Waals surface area contributed by atoms with E-state index in [4.69, 9.17) is 4.74 Å². The zero-order valence-electron chi connectivity index (χ0n) is 7.71. The minimum atomic E-state index is -0.0171. The van der Waals surface area contributed by atoms with Crippen molar-refractivity contribution in [1.29, 1.82) is 0 Å². The molecule has 1 fully saturated rings. The zero-order chi connectivity index (χ0) is 8.81. The van der Waals surface area contributed by atoms with Crippen molar-refractivity contribution < 1.29 is 14.8 Å². The number of ether oxygens (including phenoxy) is 1. The van der Waals surface area contributed by atoms with Gasteiger partial charge in [-0.2, -0.15) is 0 Å². The molecule has 0 aromatic heterocycles. The Labute approximate surface area is 73.5 Å². The fourth-order valence-corrected chi connectivity index (χ4v) is 1.47. The summed E-state index contributed by atoms with van der Waals surface area (Å²) < 4.78 is 5.06. The summed E-state index contributed by atoms with van der Waals surface area (Å²) in [7, 11) is 0. The molecular formula is C9H18NO2+. The van der Waals surface area contributed by atoms with Gasteiger partial charge in [-0.05, 0) is 19.3 Å². The molecule has 0 spiro atoms. The summed E-state index contributed by atoms with van der Waals surface area (Å²) in [4.78, 5) is 11.3. The topological polar surface area (TPSA) is 42.9 Å². The summed E-state index contributed by atoms with van der Waals surface area (Å²) in [6, 6.07) is 0.0882. The fraction of sp³-hybridized carbons (Fsp3) is 0.889. The van der Waals surface area contributed by atoms with Gasteiger partial charge in [0.25, 0.3) is 0 Å². The molecule has 12 heavy (non-hydrogen) atoms. The smallest absolute Gasteiger partial charge is 0.364 e. The molecule has 1 heterocycles. The van der Waals surface area contributed by atoms with Crippen LogP contribution in [0.3, 0.4) is 0 Å². The Morgan fingerprint density at radius 3 is 3.00 bits per heavy atom. The molecule has 0 aromatic rings. The minimum Gasteiger partial charge on any atom is -0.461 e. The Kier molecular flexibility index (Phi) is 4.08. The monoisotopic (exact) mass is 172 g/mol. The number of nitrogens with two attached hydrogens (primary N) is 1. The van der Waals surface area contributed by atoms with Crippen molar-refractivity contribution in [3.8, 4) is 0 Å². The van der Waals surface area contributed by atoms with Crippen LogP contribution in [-0.4, -0.2) is 25.2 Å². The Bertz CT molecular complexity index is 141. The van der Waals surface area contributed by atoms with Gasteiger partial charge >= 0.3 is 5.97 Å². The van der Waals surface area contributed by atoms with E-state index < -0.39 is 0 Å². The Hall–Kier alpha value is -0.570. The fourth-order valence-electron chi connectivity index (χ4n) is 1.47. The van der Waals surface area contributed by atoms with Gasteiger partial charge in [0.15, 0.2) is 6.04 Å². The molecule has 0 bridgehead atoms. The summed E-state index contributed by atoms with van der Waals surface area (Å²) >= 11 is 0. The van der Waals surface area contributed by atoms with Crippen LogP contribution in [0.5, 0.6) is 0 Å². The number of carbonyl (C=O) groups excluding carboxylic acids is 1. The Morgan fingerprint density at radius 1 is 1.58 bits per heavy atom. The molecule has 1 saturated heterocycles. The first-order chi connectivity index (χ1) is 5.84. The summed E-state index contributed by atoms with van der Waals surface area (Å²) in [5.41, 5.74) is 0. The quantitative estimate of drug-likeness (QED) is 0.611. The predicted molar refractivity (Wildman–Crippen MR) is 45.7 cm³/mol. The summed E-state index contributed by atoms with van der Waals surface area (Å²) in [5, 5.41) is 2.10. The number of piperidine rings is 1. The van der Waals surface area contributed by atoms with Crippen LogP contribution in [0.4, 0.5) is 0 Å². The van der Waals surface area contributed by atoms with E-state index >= 15 is 0 Å². The molecule has 70 valence electrons. The van der Waals surface area contributed by atoms with Crippen LogP contribution in [-0.2, 0) is 9.53 Å². The third-order valence-electron chi connectivity index (χ3n) is 2.17. The zero-order valence-corrected chi connectivity index (χ0v) is 7.71. The maximum atomic E-state index is 11.3. The van der Waals surface area contributed by atoms with Crippen LogP contribution in [0, 0.1) is 0 Å². The molecule has 0 aliphatic carbocycles. The average molecular weight is 172 g/mol. The van der Waals surface area contributed by atoms with E-state index in [1.54, 1.807) is 0 Å². The molecule has 1 aliphatic heterocycles. The molecule has 0 amide bonds. The Morgan fingerprint density at radius 2 is 2.42 bits per heavy atom. The minimum absolute atomic E-state index is 0.0171. The number of esters is 1. The normalized spacial score (nSPS) is 23.6. The van der Waals surface area contributed by atoms with Crippen molar-refractivity contribution in [2.75, 3.05) is 13.2 Å². The molecule has 1 atom stereocenters. The van der Waals surface area contributed by atoms with E-state index in [-0.39, 0.29) is 12.0 Å². The SMILES string of the molecule is CCCOC(=O)[C@@H]1CCCC[NH2+]1. The summed E-state index contributed by atoms with van der Waals surface area (Å²) in [6.45, 7) is 3.66. The second-order valence-corrected chi connectivity index (χ2v) is 3.29. The average Bonchev–Trinajstić information content (AvgIpc) is 2.15. The second kappa shape index (κ2) is 5.14. The van der Waals surface area contributed by atoms with E-state index in [0.717, 1.165) is 19.4 Å². The highest BCUT2D eigenvalue weighted by atomic mass is 16.5. The number of hydrogen-bond acceptors (Lipinski definition) is 2. The van der Waals surface area contributed by atoms with Gasteiger partial charge in [0.2, 0.25) is 0 Å². The predicted octanol–water partition coefficient (Wildman–Crippen LogP) is 0.0555. The van der Waals surface area contributed by atoms with Crippen molar-refractivity contribution in [2.24, 2.45) is 0 Å². The van der Waals surface area contributed by atoms with E-state index in [0.29, 0.717) is 6.61 Å². The molecular weight excluding hydrogens is 154 g/mol. The van der Waals surface area contributed by atoms with Crippen LogP contribution >= 0.6 is 0 Å². The summed E-state index contributed by atoms with van der Waals surface area (Å²) in [5.74, 6) is -0.0171. The third kappa shape index (κ3) is 2.81.